The molecule has 1 aromatic carbocycles. The van der Waals surface area contributed by atoms with Crippen LogP contribution < -0.4 is 5.43 Å². The molecule has 2 aromatic rings. The molecule has 0 fully saturated rings. The maximum atomic E-state index is 11.8. The molecule has 1 heterocycles. The van der Waals surface area contributed by atoms with Gasteiger partial charge < -0.3 is 0 Å². The van der Waals surface area contributed by atoms with Crippen LogP contribution in [0, 0.1) is 24.0 Å². The number of amides is 1. The molecule has 0 aliphatic rings. The van der Waals surface area contributed by atoms with Gasteiger partial charge in [0.05, 0.1) is 16.9 Å². The fraction of sp³-hybridized carbons (Fsp3) is 0.200. The maximum Gasteiger partial charge on any atom is 0.270 e. The van der Waals surface area contributed by atoms with Gasteiger partial charge in [-0.25, -0.2) is 15.4 Å². The van der Waals surface area contributed by atoms with Crippen LogP contribution in [0.1, 0.15) is 17.0 Å². The molecule has 0 spiro atoms. The number of halogens is 1. The van der Waals surface area contributed by atoms with Gasteiger partial charge in [0.1, 0.15) is 0 Å². The van der Waals surface area contributed by atoms with Gasteiger partial charge in [-0.15, -0.1) is 0 Å². The Morgan fingerprint density at radius 2 is 2.04 bits per heavy atom. The smallest absolute Gasteiger partial charge is 0.270 e. The largest absolute Gasteiger partial charge is 0.272 e. The van der Waals surface area contributed by atoms with E-state index in [1.165, 1.54) is 36.2 Å². The predicted molar refractivity (Wildman–Crippen MR) is 96.1 cm³/mol. The number of rotatable bonds is 6. The van der Waals surface area contributed by atoms with Gasteiger partial charge in [0, 0.05) is 34.1 Å². The van der Waals surface area contributed by atoms with Crippen molar-refractivity contribution in [2.24, 2.45) is 5.10 Å². The molecule has 0 unspecified atom stereocenters. The van der Waals surface area contributed by atoms with Crippen LogP contribution in [0.15, 0.2) is 34.5 Å². The van der Waals surface area contributed by atoms with Gasteiger partial charge in [-0.05, 0) is 26.0 Å². The van der Waals surface area contributed by atoms with E-state index in [9.17, 15) is 14.9 Å². The molecule has 25 heavy (non-hydrogen) atoms. The minimum atomic E-state index is -0.535. The van der Waals surface area contributed by atoms with E-state index in [-0.39, 0.29) is 17.3 Å². The van der Waals surface area contributed by atoms with Crippen LogP contribution in [0.4, 0.5) is 5.69 Å². The minimum Gasteiger partial charge on any atom is -0.272 e. The van der Waals surface area contributed by atoms with E-state index in [0.29, 0.717) is 15.7 Å². The molecule has 130 valence electrons. The van der Waals surface area contributed by atoms with Gasteiger partial charge >= 0.3 is 0 Å². The van der Waals surface area contributed by atoms with Gasteiger partial charge in [0.25, 0.3) is 11.6 Å². The lowest BCUT2D eigenvalue weighted by molar-refractivity contribution is -0.384. The topological polar surface area (TPSA) is 110 Å². The zero-order valence-electron chi connectivity index (χ0n) is 13.4. The van der Waals surface area contributed by atoms with Crippen molar-refractivity contribution in [2.45, 2.75) is 19.0 Å². The van der Waals surface area contributed by atoms with Gasteiger partial charge in [0.15, 0.2) is 5.16 Å². The number of non-ortho nitro benzene ring substituents is 1. The Bertz CT molecular complexity index is 824. The quantitative estimate of drug-likeness (QED) is 0.271. The van der Waals surface area contributed by atoms with Crippen molar-refractivity contribution in [3.05, 3.63) is 56.4 Å². The van der Waals surface area contributed by atoms with Gasteiger partial charge in [0.2, 0.25) is 0 Å². The number of nitrogens with zero attached hydrogens (tertiary/aromatic N) is 4. The molecule has 0 aliphatic carbocycles. The summed E-state index contributed by atoms with van der Waals surface area (Å²) in [6, 6.07) is 5.81. The lowest BCUT2D eigenvalue weighted by Gasteiger charge is -2.02. The van der Waals surface area contributed by atoms with Gasteiger partial charge in [-0.3, -0.25) is 14.9 Å². The zero-order valence-corrected chi connectivity index (χ0v) is 15.0. The summed E-state index contributed by atoms with van der Waals surface area (Å²) in [6.45, 7) is 3.71. The number of carbonyl (C=O) groups excluding carboxylic acids is 1. The molecular formula is C15H14ClN5O3S. The second kappa shape index (κ2) is 8.54. The van der Waals surface area contributed by atoms with Crippen LogP contribution in [-0.4, -0.2) is 32.8 Å². The lowest BCUT2D eigenvalue weighted by Crippen LogP contribution is -2.19. The van der Waals surface area contributed by atoms with Crippen molar-refractivity contribution < 1.29 is 9.72 Å². The van der Waals surface area contributed by atoms with E-state index in [1.807, 2.05) is 19.9 Å². The Balaban J connectivity index is 1.92. The van der Waals surface area contributed by atoms with Crippen LogP contribution in [0.25, 0.3) is 0 Å². The fourth-order valence-corrected chi connectivity index (χ4v) is 2.75. The second-order valence-electron chi connectivity index (χ2n) is 4.98. The molecule has 0 saturated carbocycles. The summed E-state index contributed by atoms with van der Waals surface area (Å²) in [5.74, 6) is -0.270. The Kier molecular flexibility index (Phi) is 6.43. The first-order valence-electron chi connectivity index (χ1n) is 7.06. The molecule has 8 nitrogen and oxygen atoms in total. The minimum absolute atomic E-state index is 0.0862. The number of carbonyl (C=O) groups is 1. The fourth-order valence-electron chi connectivity index (χ4n) is 1.84. The second-order valence-corrected chi connectivity index (χ2v) is 6.33. The number of aromatic nitrogens is 2. The zero-order chi connectivity index (χ0) is 18.4. The normalized spacial score (nSPS) is 10.8. The number of aryl methyl sites for hydroxylation is 2. The van der Waals surface area contributed by atoms with Crippen molar-refractivity contribution in [2.75, 3.05) is 5.75 Å². The number of hydrogen-bond donors (Lipinski definition) is 1. The van der Waals surface area contributed by atoms with Crippen molar-refractivity contribution in [3.8, 4) is 0 Å². The molecule has 10 heteroatoms. The number of thioether (sulfide) groups is 1. The molecule has 0 radical (unpaired) electrons. The number of benzene rings is 1. The number of hydrogen-bond acceptors (Lipinski definition) is 7. The summed E-state index contributed by atoms with van der Waals surface area (Å²) < 4.78 is 0. The van der Waals surface area contributed by atoms with Crippen molar-refractivity contribution in [1.29, 1.82) is 0 Å². The summed E-state index contributed by atoms with van der Waals surface area (Å²) in [6.07, 6.45) is 1.26. The van der Waals surface area contributed by atoms with Gasteiger partial charge in [-0.1, -0.05) is 23.4 Å². The maximum absolute atomic E-state index is 11.8. The Morgan fingerprint density at radius 3 is 2.68 bits per heavy atom. The first-order chi connectivity index (χ1) is 11.8. The average molecular weight is 380 g/mol. The summed E-state index contributed by atoms with van der Waals surface area (Å²) in [7, 11) is 0. The molecule has 1 N–H and O–H groups in total. The molecule has 2 rings (SSSR count). The van der Waals surface area contributed by atoms with Crippen molar-refractivity contribution >= 4 is 41.2 Å². The molecule has 1 amide bonds. The van der Waals surface area contributed by atoms with E-state index in [2.05, 4.69) is 20.5 Å². The third kappa shape index (κ3) is 5.80. The third-order valence-electron chi connectivity index (χ3n) is 2.88. The Hall–Kier alpha value is -2.52. The monoisotopic (exact) mass is 379 g/mol. The van der Waals surface area contributed by atoms with E-state index in [0.717, 1.165) is 11.4 Å². The number of nitro groups is 1. The molecule has 0 saturated heterocycles. The predicted octanol–water partition coefficient (Wildman–Crippen LogP) is 2.90. The SMILES string of the molecule is Cc1cc(C)nc(SCC(=O)N/N=C\c2cc([N+](=O)[O-])ccc2Cl)n1. The third-order valence-corrected chi connectivity index (χ3v) is 4.07. The molecule has 0 atom stereocenters. The van der Waals surface area contributed by atoms with Crippen molar-refractivity contribution in [3.63, 3.8) is 0 Å². The van der Waals surface area contributed by atoms with E-state index >= 15 is 0 Å². The van der Waals surface area contributed by atoms with Gasteiger partial charge in [-0.2, -0.15) is 5.10 Å². The Morgan fingerprint density at radius 1 is 1.36 bits per heavy atom. The Labute approximate surface area is 152 Å². The van der Waals surface area contributed by atoms with Crippen LogP contribution in [0.5, 0.6) is 0 Å². The van der Waals surface area contributed by atoms with E-state index in [4.69, 9.17) is 11.6 Å². The summed E-state index contributed by atoms with van der Waals surface area (Å²) in [5.41, 5.74) is 4.21. The van der Waals surface area contributed by atoms with E-state index < -0.39 is 4.92 Å². The highest BCUT2D eigenvalue weighted by molar-refractivity contribution is 7.99. The van der Waals surface area contributed by atoms with Crippen LogP contribution in [0.2, 0.25) is 5.02 Å². The standard InChI is InChI=1S/C15H14ClN5O3S/c1-9-5-10(2)19-15(18-9)25-8-14(22)20-17-7-11-6-12(21(23)24)3-4-13(11)16/h3-7H,8H2,1-2H3,(H,20,22)/b17-7-. The first-order valence-corrected chi connectivity index (χ1v) is 8.42. The summed E-state index contributed by atoms with van der Waals surface area (Å²) in [5, 5.41) is 15.3. The summed E-state index contributed by atoms with van der Waals surface area (Å²) >= 11 is 7.13. The highest BCUT2D eigenvalue weighted by Crippen LogP contribution is 2.20. The molecular weight excluding hydrogens is 366 g/mol. The molecule has 0 aliphatic heterocycles. The van der Waals surface area contributed by atoms with Crippen LogP contribution in [-0.2, 0) is 4.79 Å². The lowest BCUT2D eigenvalue weighted by atomic mass is 10.2. The van der Waals surface area contributed by atoms with Crippen molar-refractivity contribution in [1.82, 2.24) is 15.4 Å². The highest BCUT2D eigenvalue weighted by Gasteiger charge is 2.09. The number of nitro benzene ring substituents is 1. The highest BCUT2D eigenvalue weighted by atomic mass is 35.5. The summed E-state index contributed by atoms with van der Waals surface area (Å²) in [4.78, 5) is 30.5. The number of hydrazone groups is 1. The number of nitrogens with one attached hydrogen (secondary N) is 1. The average Bonchev–Trinajstić information content (AvgIpc) is 2.53. The van der Waals surface area contributed by atoms with Crippen LogP contribution >= 0.6 is 23.4 Å². The van der Waals surface area contributed by atoms with E-state index in [1.54, 1.807) is 0 Å². The molecule has 0 bridgehead atoms. The van der Waals surface area contributed by atoms with Crippen LogP contribution in [0.3, 0.4) is 0 Å². The molecule has 1 aromatic heterocycles. The first kappa shape index (κ1) is 18.8.